The van der Waals surface area contributed by atoms with E-state index < -0.39 is 16.1 Å². The van der Waals surface area contributed by atoms with E-state index in [2.05, 4.69) is 9.71 Å². The first-order valence-electron chi connectivity index (χ1n) is 7.87. The van der Waals surface area contributed by atoms with Gasteiger partial charge in [-0.2, -0.15) is 0 Å². The van der Waals surface area contributed by atoms with Crippen LogP contribution in [0, 0.1) is 0 Å². The third-order valence-corrected chi connectivity index (χ3v) is 5.38. The second kappa shape index (κ2) is 6.68. The molecule has 0 bridgehead atoms. The molecule has 0 unspecified atom stereocenters. The van der Waals surface area contributed by atoms with Gasteiger partial charge in [0.2, 0.25) is 5.91 Å². The summed E-state index contributed by atoms with van der Waals surface area (Å²) in [6.45, 7) is 2.13. The number of likely N-dealkylation sites (N-methyl/N-ethyl adjacent to an activating group) is 1. The molecule has 7 heteroatoms. The quantitative estimate of drug-likeness (QED) is 0.906. The molecule has 1 N–H and O–H groups in total. The van der Waals surface area contributed by atoms with Crippen molar-refractivity contribution in [2.75, 3.05) is 7.05 Å². The van der Waals surface area contributed by atoms with Crippen LogP contribution in [0.25, 0.3) is 0 Å². The first-order valence-corrected chi connectivity index (χ1v) is 9.36. The van der Waals surface area contributed by atoms with E-state index in [0.29, 0.717) is 12.1 Å². The van der Waals surface area contributed by atoms with Crippen LogP contribution in [0.2, 0.25) is 0 Å². The highest BCUT2D eigenvalue weighted by atomic mass is 32.2. The summed E-state index contributed by atoms with van der Waals surface area (Å²) >= 11 is 0. The van der Waals surface area contributed by atoms with Crippen LogP contribution >= 0.6 is 0 Å². The molecular weight excluding hydrogens is 338 g/mol. The van der Waals surface area contributed by atoms with Gasteiger partial charge in [0.05, 0.1) is 4.90 Å². The van der Waals surface area contributed by atoms with Gasteiger partial charge in [0.25, 0.3) is 10.0 Å². The van der Waals surface area contributed by atoms with Crippen LogP contribution in [0.3, 0.4) is 0 Å². The summed E-state index contributed by atoms with van der Waals surface area (Å²) < 4.78 is 26.6. The molecule has 3 rings (SSSR count). The van der Waals surface area contributed by atoms with E-state index in [-0.39, 0.29) is 16.6 Å². The molecule has 1 atom stereocenters. The monoisotopic (exact) mass is 357 g/mol. The van der Waals surface area contributed by atoms with Crippen molar-refractivity contribution in [1.29, 1.82) is 0 Å². The molecule has 1 aliphatic rings. The highest BCUT2D eigenvalue weighted by molar-refractivity contribution is 7.90. The molecular formula is C18H19N3O3S. The van der Waals surface area contributed by atoms with E-state index >= 15 is 0 Å². The summed E-state index contributed by atoms with van der Waals surface area (Å²) in [5.74, 6) is 0.0319. The Bertz CT molecular complexity index is 924. The van der Waals surface area contributed by atoms with E-state index in [9.17, 15) is 13.2 Å². The second-order valence-corrected chi connectivity index (χ2v) is 7.59. The van der Waals surface area contributed by atoms with Crippen molar-refractivity contribution in [2.45, 2.75) is 24.4 Å². The molecule has 0 saturated carbocycles. The smallest absolute Gasteiger partial charge is 0.263 e. The van der Waals surface area contributed by atoms with Gasteiger partial charge in [-0.1, -0.05) is 42.5 Å². The predicted molar refractivity (Wildman–Crippen MR) is 95.7 cm³/mol. The Hall–Kier alpha value is -2.67. The Labute approximate surface area is 147 Å². The molecule has 2 aromatic carbocycles. The SMILES string of the molecule is C[C@H](N=C1NS(=O)(=O)c2ccccc21)C(=O)N(C)Cc1ccccc1. The number of sulfonamides is 1. The number of carbonyl (C=O) groups is 1. The summed E-state index contributed by atoms with van der Waals surface area (Å²) in [5, 5.41) is 0. The van der Waals surface area contributed by atoms with Crippen LogP contribution in [0.15, 0.2) is 64.5 Å². The lowest BCUT2D eigenvalue weighted by atomic mass is 10.2. The van der Waals surface area contributed by atoms with Crippen molar-refractivity contribution in [1.82, 2.24) is 9.62 Å². The Morgan fingerprint density at radius 1 is 1.12 bits per heavy atom. The van der Waals surface area contributed by atoms with Gasteiger partial charge in [0, 0.05) is 19.2 Å². The number of carbonyl (C=O) groups excluding carboxylic acids is 1. The van der Waals surface area contributed by atoms with Crippen LogP contribution in [-0.2, 0) is 21.4 Å². The van der Waals surface area contributed by atoms with E-state index in [1.54, 1.807) is 37.1 Å². The molecule has 0 saturated heterocycles. The number of rotatable bonds is 4. The molecule has 0 radical (unpaired) electrons. The molecule has 1 amide bonds. The van der Waals surface area contributed by atoms with Crippen LogP contribution in [0.4, 0.5) is 0 Å². The number of nitrogens with zero attached hydrogens (tertiary/aromatic N) is 2. The molecule has 6 nitrogen and oxygen atoms in total. The fraction of sp³-hybridized carbons (Fsp3) is 0.222. The minimum Gasteiger partial charge on any atom is -0.340 e. The highest BCUT2D eigenvalue weighted by Gasteiger charge is 2.31. The predicted octanol–water partition coefficient (Wildman–Crippen LogP) is 1.77. The fourth-order valence-corrected chi connectivity index (χ4v) is 3.97. The molecule has 0 fully saturated rings. The summed E-state index contributed by atoms with van der Waals surface area (Å²) in [6.07, 6.45) is 0. The van der Waals surface area contributed by atoms with Gasteiger partial charge in [0.15, 0.2) is 0 Å². The lowest BCUT2D eigenvalue weighted by Crippen LogP contribution is -2.35. The van der Waals surface area contributed by atoms with Gasteiger partial charge in [-0.15, -0.1) is 0 Å². The van der Waals surface area contributed by atoms with Crippen molar-refractivity contribution in [3.63, 3.8) is 0 Å². The van der Waals surface area contributed by atoms with Crippen molar-refractivity contribution in [3.8, 4) is 0 Å². The van der Waals surface area contributed by atoms with Crippen LogP contribution in [0.1, 0.15) is 18.1 Å². The number of amides is 1. The van der Waals surface area contributed by atoms with E-state index in [4.69, 9.17) is 0 Å². The van der Waals surface area contributed by atoms with Crippen LogP contribution < -0.4 is 4.72 Å². The van der Waals surface area contributed by atoms with Gasteiger partial charge in [-0.3, -0.25) is 14.5 Å². The van der Waals surface area contributed by atoms with E-state index in [0.717, 1.165) is 5.56 Å². The summed E-state index contributed by atoms with van der Waals surface area (Å²) in [4.78, 5) is 18.6. The highest BCUT2D eigenvalue weighted by Crippen LogP contribution is 2.22. The molecule has 0 aliphatic carbocycles. The molecule has 2 aromatic rings. The molecule has 130 valence electrons. The fourth-order valence-electron chi connectivity index (χ4n) is 2.73. The maximum Gasteiger partial charge on any atom is 0.263 e. The molecule has 0 spiro atoms. The number of fused-ring (bicyclic) bond motifs is 1. The third-order valence-electron chi connectivity index (χ3n) is 3.98. The van der Waals surface area contributed by atoms with Gasteiger partial charge in [0.1, 0.15) is 11.9 Å². The van der Waals surface area contributed by atoms with E-state index in [1.165, 1.54) is 6.07 Å². The number of aliphatic imine (C=N–C) groups is 1. The molecule has 1 aliphatic heterocycles. The van der Waals surface area contributed by atoms with Crippen LogP contribution in [0.5, 0.6) is 0 Å². The van der Waals surface area contributed by atoms with Gasteiger partial charge < -0.3 is 4.90 Å². The minimum atomic E-state index is -3.60. The Balaban J connectivity index is 1.79. The molecule has 0 aromatic heterocycles. The van der Waals surface area contributed by atoms with Gasteiger partial charge in [-0.05, 0) is 24.6 Å². The normalized spacial score (nSPS) is 17.6. The zero-order valence-electron chi connectivity index (χ0n) is 14.0. The van der Waals surface area contributed by atoms with Crippen molar-refractivity contribution in [2.24, 2.45) is 4.99 Å². The molecule has 1 heterocycles. The van der Waals surface area contributed by atoms with Crippen molar-refractivity contribution < 1.29 is 13.2 Å². The van der Waals surface area contributed by atoms with Crippen molar-refractivity contribution in [3.05, 3.63) is 65.7 Å². The molecule has 25 heavy (non-hydrogen) atoms. The summed E-state index contributed by atoms with van der Waals surface area (Å²) in [6, 6.07) is 15.5. The lowest BCUT2D eigenvalue weighted by molar-refractivity contribution is -0.131. The number of hydrogen-bond acceptors (Lipinski definition) is 4. The lowest BCUT2D eigenvalue weighted by Gasteiger charge is -2.20. The number of hydrogen-bond donors (Lipinski definition) is 1. The second-order valence-electron chi connectivity index (χ2n) is 5.94. The first kappa shape index (κ1) is 17.2. The number of amidine groups is 1. The zero-order valence-corrected chi connectivity index (χ0v) is 14.8. The third kappa shape index (κ3) is 3.56. The average molecular weight is 357 g/mol. The number of nitrogens with one attached hydrogen (secondary N) is 1. The Kier molecular flexibility index (Phi) is 4.59. The minimum absolute atomic E-state index is 0.181. The standard InChI is InChI=1S/C18H19N3O3S/c1-13(18(22)21(2)12-14-8-4-3-5-9-14)19-17-15-10-6-7-11-16(15)25(23,24)20-17/h3-11,13H,12H2,1-2H3,(H,19,20)/t13-/m0/s1. The van der Waals surface area contributed by atoms with Crippen molar-refractivity contribution >= 4 is 21.8 Å². The summed E-state index contributed by atoms with van der Waals surface area (Å²) in [5.41, 5.74) is 1.51. The van der Waals surface area contributed by atoms with E-state index in [1.807, 2.05) is 30.3 Å². The topological polar surface area (TPSA) is 78.8 Å². The zero-order chi connectivity index (χ0) is 18.0. The Morgan fingerprint density at radius 3 is 2.48 bits per heavy atom. The maximum absolute atomic E-state index is 12.6. The first-order chi connectivity index (χ1) is 11.9. The van der Waals surface area contributed by atoms with Crippen LogP contribution in [-0.4, -0.2) is 38.2 Å². The van der Waals surface area contributed by atoms with Gasteiger partial charge >= 0.3 is 0 Å². The maximum atomic E-state index is 12.6. The average Bonchev–Trinajstić information content (AvgIpc) is 2.86. The van der Waals surface area contributed by atoms with Gasteiger partial charge in [-0.25, -0.2) is 8.42 Å². The largest absolute Gasteiger partial charge is 0.340 e. The summed E-state index contributed by atoms with van der Waals surface area (Å²) in [7, 11) is -1.89. The Morgan fingerprint density at radius 2 is 1.76 bits per heavy atom. The number of benzene rings is 2.